The molecule has 0 amide bonds. The molecular formula is C29H32Cl3N7O6S2. The molecule has 0 aliphatic carbocycles. The number of rotatable bonds is 7. The summed E-state index contributed by atoms with van der Waals surface area (Å²) in [5, 5.41) is 21.9. The summed E-state index contributed by atoms with van der Waals surface area (Å²) < 4.78 is 54.1. The van der Waals surface area contributed by atoms with E-state index in [1.807, 2.05) is 0 Å². The number of guanidine groups is 1. The van der Waals surface area contributed by atoms with Crippen LogP contribution in [0.5, 0.6) is 0 Å². The highest BCUT2D eigenvalue weighted by Gasteiger charge is 2.36. The molecule has 2 atom stereocenters. The van der Waals surface area contributed by atoms with Crippen molar-refractivity contribution in [3.05, 3.63) is 64.0 Å². The summed E-state index contributed by atoms with van der Waals surface area (Å²) in [4.78, 5) is 12.2. The molecule has 13 nitrogen and oxygen atoms in total. The Hall–Kier alpha value is -2.86. The number of hydrogen-bond acceptors (Lipinski definition) is 9. The normalized spacial score (nSPS) is 19.2. The van der Waals surface area contributed by atoms with Crippen LogP contribution in [0.15, 0.2) is 63.6 Å². The first-order valence-corrected chi connectivity index (χ1v) is 18.5. The van der Waals surface area contributed by atoms with Crippen molar-refractivity contribution < 1.29 is 27.0 Å². The summed E-state index contributed by atoms with van der Waals surface area (Å²) in [5.74, 6) is 0.000787. The third kappa shape index (κ3) is 7.14. The van der Waals surface area contributed by atoms with E-state index in [4.69, 9.17) is 46.3 Å². The van der Waals surface area contributed by atoms with Gasteiger partial charge in [-0.2, -0.15) is 13.6 Å². The minimum absolute atomic E-state index is 0.0801. The quantitative estimate of drug-likeness (QED) is 0.123. The Morgan fingerprint density at radius 2 is 1.23 bits per heavy atom. The van der Waals surface area contributed by atoms with E-state index < -0.39 is 26.1 Å². The number of hydrogen-bond donors (Lipinski definition) is 4. The molecule has 2 aromatic carbocycles. The van der Waals surface area contributed by atoms with Gasteiger partial charge >= 0.3 is 0 Å². The number of nitrogens with zero attached hydrogens (tertiary/aromatic N) is 5. The van der Waals surface area contributed by atoms with E-state index >= 15 is 0 Å². The van der Waals surface area contributed by atoms with Crippen molar-refractivity contribution in [3.63, 3.8) is 0 Å². The summed E-state index contributed by atoms with van der Waals surface area (Å²) in [7, 11) is -7.44. The van der Waals surface area contributed by atoms with E-state index in [0.29, 0.717) is 63.9 Å². The van der Waals surface area contributed by atoms with E-state index in [1.165, 1.54) is 45.3 Å². The number of halogens is 3. The molecule has 0 bridgehead atoms. The molecule has 0 radical (unpaired) electrons. The van der Waals surface area contributed by atoms with Crippen molar-refractivity contribution in [1.82, 2.24) is 18.6 Å². The summed E-state index contributed by atoms with van der Waals surface area (Å²) in [5.41, 5.74) is 10.8. The molecule has 0 saturated carbocycles. The first-order valence-electron chi connectivity index (χ1n) is 14.5. The molecule has 2 aromatic heterocycles. The molecule has 6 rings (SSSR count). The van der Waals surface area contributed by atoms with Crippen LogP contribution in [-0.2, 0) is 20.0 Å². The van der Waals surface area contributed by atoms with Gasteiger partial charge in [-0.3, -0.25) is 0 Å². The van der Waals surface area contributed by atoms with Crippen molar-refractivity contribution in [2.75, 3.05) is 26.3 Å². The first kappa shape index (κ1) is 35.4. The minimum Gasteiger partial charge on any atom is -0.395 e. The van der Waals surface area contributed by atoms with Crippen LogP contribution in [0.4, 0.5) is 5.82 Å². The predicted molar refractivity (Wildman–Crippen MR) is 182 cm³/mol. The highest BCUT2D eigenvalue weighted by atomic mass is 35.5. The number of aliphatic imine (C=N–C) groups is 1. The number of aliphatic hydroxyl groups excluding tert-OH is 2. The molecule has 252 valence electrons. The Morgan fingerprint density at radius 3 is 1.72 bits per heavy atom. The molecule has 2 fully saturated rings. The molecule has 4 aromatic rings. The van der Waals surface area contributed by atoms with Crippen LogP contribution in [0, 0.1) is 0 Å². The smallest absolute Gasteiger partial charge is 0.243 e. The van der Waals surface area contributed by atoms with Gasteiger partial charge in [-0.05, 0) is 49.9 Å². The lowest BCUT2D eigenvalue weighted by Crippen LogP contribution is -2.37. The molecular weight excluding hydrogens is 713 g/mol. The minimum atomic E-state index is -3.76. The van der Waals surface area contributed by atoms with Gasteiger partial charge in [0.15, 0.2) is 11.8 Å². The number of benzene rings is 2. The summed E-state index contributed by atoms with van der Waals surface area (Å²) >= 11 is 18.2. The van der Waals surface area contributed by atoms with Gasteiger partial charge in [0, 0.05) is 59.1 Å². The zero-order valence-corrected chi connectivity index (χ0v) is 28.7. The van der Waals surface area contributed by atoms with Crippen molar-refractivity contribution in [1.29, 1.82) is 0 Å². The van der Waals surface area contributed by atoms with Crippen LogP contribution in [0.3, 0.4) is 0 Å². The number of aliphatic hydroxyl groups is 2. The summed E-state index contributed by atoms with van der Waals surface area (Å²) in [6, 6.07) is 8.38. The number of aromatic nitrogens is 2. The SMILES string of the molecule is NC(N)=Nc1ncc(Cl)c2ccc(S(=O)(=O)N3CCC[C@@H]3CO)cc12.O=S(=O)(c1ccc2c(Cl)cnc(Cl)c2c1)N1CCC[C@@H]1CO. The van der Waals surface area contributed by atoms with Crippen LogP contribution < -0.4 is 11.5 Å². The Kier molecular flexibility index (Phi) is 10.8. The Balaban J connectivity index is 0.000000186. The van der Waals surface area contributed by atoms with Crippen molar-refractivity contribution >= 4 is 88.2 Å². The van der Waals surface area contributed by atoms with Crippen LogP contribution in [-0.4, -0.2) is 90.0 Å². The largest absolute Gasteiger partial charge is 0.395 e. The van der Waals surface area contributed by atoms with Gasteiger partial charge in [-0.1, -0.05) is 46.9 Å². The van der Waals surface area contributed by atoms with Gasteiger partial charge in [-0.25, -0.2) is 26.8 Å². The van der Waals surface area contributed by atoms with E-state index in [9.17, 15) is 27.0 Å². The summed E-state index contributed by atoms with van der Waals surface area (Å²) in [6.45, 7) is 0.397. The highest BCUT2D eigenvalue weighted by Crippen LogP contribution is 2.35. The van der Waals surface area contributed by atoms with Crippen molar-refractivity contribution in [2.45, 2.75) is 47.6 Å². The fourth-order valence-corrected chi connectivity index (χ4v) is 9.80. The molecule has 0 unspecified atom stereocenters. The second-order valence-electron chi connectivity index (χ2n) is 11.0. The number of fused-ring (bicyclic) bond motifs is 2. The van der Waals surface area contributed by atoms with E-state index in [2.05, 4.69) is 15.0 Å². The Bertz CT molecular complexity index is 2060. The molecule has 0 spiro atoms. The van der Waals surface area contributed by atoms with Gasteiger partial charge < -0.3 is 21.7 Å². The van der Waals surface area contributed by atoms with E-state index in [0.717, 1.165) is 6.42 Å². The second kappa shape index (κ2) is 14.3. The van der Waals surface area contributed by atoms with Crippen LogP contribution >= 0.6 is 34.8 Å². The molecule has 6 N–H and O–H groups in total. The molecule has 47 heavy (non-hydrogen) atoms. The Morgan fingerprint density at radius 1 is 0.766 bits per heavy atom. The zero-order valence-electron chi connectivity index (χ0n) is 24.8. The average Bonchev–Trinajstić information content (AvgIpc) is 3.75. The standard InChI is InChI=1S/C15H18ClN5O3S.C14H14Cl2N2O3S/c16-13-7-19-14(20-15(17)18)12-6-10(3-4-11(12)13)25(23,24)21-5-1-2-9(21)8-22;15-13-7-17-14(16)12-6-10(3-4-11(12)13)22(20,21)18-5-1-2-9(18)8-19/h3-4,6-7,9,22H,1-2,5,8H2,(H4,17,18,19,20);3-4,6-7,9,19H,1-2,5,8H2/t2*9-/m11/s1. The molecule has 4 heterocycles. The van der Waals surface area contributed by atoms with Gasteiger partial charge in [0.25, 0.3) is 0 Å². The van der Waals surface area contributed by atoms with E-state index in [1.54, 1.807) is 12.1 Å². The van der Waals surface area contributed by atoms with Crippen molar-refractivity contribution in [2.24, 2.45) is 16.5 Å². The maximum atomic E-state index is 12.9. The second-order valence-corrected chi connectivity index (χ2v) is 15.9. The molecule has 18 heteroatoms. The lowest BCUT2D eigenvalue weighted by Gasteiger charge is -2.22. The lowest BCUT2D eigenvalue weighted by atomic mass is 10.1. The van der Waals surface area contributed by atoms with Crippen LogP contribution in [0.1, 0.15) is 25.7 Å². The monoisotopic (exact) mass is 743 g/mol. The topological polar surface area (TPSA) is 205 Å². The summed E-state index contributed by atoms with van der Waals surface area (Å²) in [6.07, 6.45) is 5.59. The fraction of sp³-hybridized carbons (Fsp3) is 0.345. The lowest BCUT2D eigenvalue weighted by molar-refractivity contribution is 0.213. The maximum Gasteiger partial charge on any atom is 0.243 e. The van der Waals surface area contributed by atoms with Crippen molar-refractivity contribution in [3.8, 4) is 0 Å². The number of sulfonamides is 2. The predicted octanol–water partition coefficient (Wildman–Crippen LogP) is 3.63. The third-order valence-corrected chi connectivity index (χ3v) is 12.9. The fourth-order valence-electron chi connectivity index (χ4n) is 5.75. The average molecular weight is 745 g/mol. The van der Waals surface area contributed by atoms with Crippen LogP contribution in [0.25, 0.3) is 21.5 Å². The maximum absolute atomic E-state index is 12.9. The van der Waals surface area contributed by atoms with E-state index in [-0.39, 0.29) is 46.0 Å². The van der Waals surface area contributed by atoms with Gasteiger partial charge in [0.1, 0.15) is 5.15 Å². The number of nitrogens with two attached hydrogens (primary N) is 2. The number of pyridine rings is 2. The van der Waals surface area contributed by atoms with Gasteiger partial charge in [0.05, 0.1) is 33.0 Å². The zero-order chi connectivity index (χ0) is 34.1. The molecule has 2 aliphatic heterocycles. The van der Waals surface area contributed by atoms with Gasteiger partial charge in [0.2, 0.25) is 20.0 Å². The van der Waals surface area contributed by atoms with Crippen LogP contribution in [0.2, 0.25) is 15.2 Å². The van der Waals surface area contributed by atoms with Gasteiger partial charge in [-0.15, -0.1) is 0 Å². The first-order chi connectivity index (χ1) is 22.3. The Labute approximate surface area is 286 Å². The third-order valence-electron chi connectivity index (χ3n) is 8.07. The highest BCUT2D eigenvalue weighted by molar-refractivity contribution is 7.89. The molecule has 2 saturated heterocycles. The molecule has 2 aliphatic rings.